The maximum absolute atomic E-state index is 4.75. The molecule has 1 atom stereocenters. The highest BCUT2D eigenvalue weighted by molar-refractivity contribution is 9.11. The van der Waals surface area contributed by atoms with Crippen LogP contribution in [0.2, 0.25) is 0 Å². The largest absolute Gasteiger partial charge is 0.301 e. The molecule has 0 radical (unpaired) electrons. The molecule has 0 aromatic heterocycles. The summed E-state index contributed by atoms with van der Waals surface area (Å²) in [6.07, 6.45) is 8.50. The second-order valence-corrected chi connectivity index (χ2v) is 5.45. The van der Waals surface area contributed by atoms with Crippen molar-refractivity contribution < 1.29 is 0 Å². The molecule has 2 aliphatic rings. The highest BCUT2D eigenvalue weighted by Gasteiger charge is 2.23. The van der Waals surface area contributed by atoms with Crippen molar-refractivity contribution in [3.05, 3.63) is 34.0 Å². The van der Waals surface area contributed by atoms with Crippen molar-refractivity contribution >= 4 is 21.6 Å². The fourth-order valence-corrected chi connectivity index (χ4v) is 2.59. The molecule has 1 heterocycles. The number of allylic oxidation sites excluding steroid dienone is 5. The lowest BCUT2D eigenvalue weighted by molar-refractivity contribution is 0.321. The van der Waals surface area contributed by atoms with Gasteiger partial charge in [0.1, 0.15) is 0 Å². The second kappa shape index (κ2) is 4.68. The number of nitrogens with zero attached hydrogens (tertiary/aromatic N) is 2. The summed E-state index contributed by atoms with van der Waals surface area (Å²) in [6.45, 7) is 2.20. The van der Waals surface area contributed by atoms with E-state index in [1.165, 1.54) is 21.5 Å². The Morgan fingerprint density at radius 1 is 1.44 bits per heavy atom. The highest BCUT2D eigenvalue weighted by Crippen LogP contribution is 2.30. The smallest absolute Gasteiger partial charge is 0.0585 e. The normalized spacial score (nSPS) is 21.1. The van der Waals surface area contributed by atoms with Gasteiger partial charge in [-0.1, -0.05) is 35.0 Å². The minimum atomic E-state index is 0.428. The maximum atomic E-state index is 4.75. The summed E-state index contributed by atoms with van der Waals surface area (Å²) in [7, 11) is 4.22. The second-order valence-electron chi connectivity index (χ2n) is 4.43. The predicted molar refractivity (Wildman–Crippen MR) is 73.0 cm³/mol. The average molecular weight is 281 g/mol. The van der Waals surface area contributed by atoms with Gasteiger partial charge in [-0.3, -0.25) is 4.99 Å². The van der Waals surface area contributed by atoms with Crippen LogP contribution in [0.3, 0.4) is 0 Å². The Morgan fingerprint density at radius 2 is 2.19 bits per heavy atom. The molecular weight excluding hydrogens is 264 g/mol. The first-order valence-electron chi connectivity index (χ1n) is 5.64. The van der Waals surface area contributed by atoms with Crippen molar-refractivity contribution in [1.82, 2.24) is 4.90 Å². The Balaban J connectivity index is 2.24. The van der Waals surface area contributed by atoms with Gasteiger partial charge in [0.2, 0.25) is 0 Å². The lowest BCUT2D eigenvalue weighted by Gasteiger charge is -2.22. The molecule has 16 heavy (non-hydrogen) atoms. The number of likely N-dealkylation sites (N-methyl/N-ethyl adjacent to an activating group) is 1. The molecule has 0 fully saturated rings. The van der Waals surface area contributed by atoms with Crippen LogP contribution in [0.25, 0.3) is 0 Å². The van der Waals surface area contributed by atoms with Crippen LogP contribution in [-0.4, -0.2) is 30.7 Å². The molecular formula is C13H17BrN2. The first-order chi connectivity index (χ1) is 7.61. The summed E-state index contributed by atoms with van der Waals surface area (Å²) in [5.74, 6) is 0. The van der Waals surface area contributed by atoms with Crippen molar-refractivity contribution in [1.29, 1.82) is 0 Å². The van der Waals surface area contributed by atoms with Gasteiger partial charge in [0.15, 0.2) is 0 Å². The average Bonchev–Trinajstić information content (AvgIpc) is 2.60. The third-order valence-corrected chi connectivity index (χ3v) is 3.58. The monoisotopic (exact) mass is 280 g/mol. The molecule has 86 valence electrons. The van der Waals surface area contributed by atoms with Crippen molar-refractivity contribution in [2.24, 2.45) is 4.99 Å². The maximum Gasteiger partial charge on any atom is 0.0585 e. The van der Waals surface area contributed by atoms with Crippen molar-refractivity contribution in [2.75, 3.05) is 14.1 Å². The first-order valence-corrected chi connectivity index (χ1v) is 6.43. The molecule has 0 saturated heterocycles. The SMILES string of the molecule is CCC(C1=CC2=CC=C(Br)CC2=N1)N(C)C. The fraction of sp³-hybridized carbons (Fsp3) is 0.462. The minimum Gasteiger partial charge on any atom is -0.301 e. The molecule has 0 saturated carbocycles. The van der Waals surface area contributed by atoms with E-state index in [-0.39, 0.29) is 0 Å². The van der Waals surface area contributed by atoms with E-state index in [4.69, 9.17) is 4.99 Å². The summed E-state index contributed by atoms with van der Waals surface area (Å²) < 4.78 is 1.21. The first kappa shape index (κ1) is 11.8. The molecule has 3 heteroatoms. The summed E-state index contributed by atoms with van der Waals surface area (Å²) in [5.41, 5.74) is 3.67. The zero-order valence-corrected chi connectivity index (χ0v) is 11.6. The van der Waals surface area contributed by atoms with Crippen LogP contribution < -0.4 is 0 Å². The predicted octanol–water partition coefficient (Wildman–Crippen LogP) is 3.27. The van der Waals surface area contributed by atoms with Gasteiger partial charge in [0.25, 0.3) is 0 Å². The van der Waals surface area contributed by atoms with E-state index in [1.54, 1.807) is 0 Å². The Kier molecular flexibility index (Phi) is 3.45. The standard InChI is InChI=1S/C13H17BrN2/c1-4-13(16(2)3)12-7-9-5-6-10(14)8-11(9)15-12/h5-7,13H,4,8H2,1-3H3. The number of aliphatic imine (C=N–C) groups is 1. The molecule has 0 spiro atoms. The lowest BCUT2D eigenvalue weighted by atomic mass is 10.0. The van der Waals surface area contributed by atoms with E-state index in [1.807, 2.05) is 0 Å². The van der Waals surface area contributed by atoms with E-state index >= 15 is 0 Å². The third kappa shape index (κ3) is 2.20. The lowest BCUT2D eigenvalue weighted by Crippen LogP contribution is -2.28. The molecule has 1 aliphatic heterocycles. The molecule has 2 rings (SSSR count). The Bertz CT molecular complexity index is 414. The quantitative estimate of drug-likeness (QED) is 0.775. The highest BCUT2D eigenvalue weighted by atomic mass is 79.9. The molecule has 0 bridgehead atoms. The van der Waals surface area contributed by atoms with Crippen LogP contribution in [0.4, 0.5) is 0 Å². The van der Waals surface area contributed by atoms with Crippen molar-refractivity contribution in [2.45, 2.75) is 25.8 Å². The van der Waals surface area contributed by atoms with E-state index in [0.29, 0.717) is 6.04 Å². The minimum absolute atomic E-state index is 0.428. The molecule has 0 aromatic carbocycles. The number of fused-ring (bicyclic) bond motifs is 1. The van der Waals surface area contributed by atoms with Gasteiger partial charge in [0.05, 0.1) is 17.5 Å². The Labute approximate surface area is 106 Å². The Morgan fingerprint density at radius 3 is 2.81 bits per heavy atom. The van der Waals surface area contributed by atoms with Crippen LogP contribution in [0.1, 0.15) is 19.8 Å². The zero-order chi connectivity index (χ0) is 11.7. The molecule has 0 N–H and O–H groups in total. The molecule has 2 nitrogen and oxygen atoms in total. The topological polar surface area (TPSA) is 15.6 Å². The van der Waals surface area contributed by atoms with E-state index < -0.39 is 0 Å². The van der Waals surface area contributed by atoms with Gasteiger partial charge in [-0.2, -0.15) is 0 Å². The van der Waals surface area contributed by atoms with Crippen LogP contribution in [0.5, 0.6) is 0 Å². The summed E-state index contributed by atoms with van der Waals surface area (Å²) in [5, 5.41) is 0. The summed E-state index contributed by atoms with van der Waals surface area (Å²) >= 11 is 3.53. The van der Waals surface area contributed by atoms with E-state index in [0.717, 1.165) is 12.8 Å². The molecule has 1 unspecified atom stereocenters. The van der Waals surface area contributed by atoms with Gasteiger partial charge in [-0.15, -0.1) is 0 Å². The van der Waals surface area contributed by atoms with Gasteiger partial charge in [0, 0.05) is 10.9 Å². The van der Waals surface area contributed by atoms with Gasteiger partial charge in [-0.05, 0) is 32.2 Å². The van der Waals surface area contributed by atoms with Crippen LogP contribution in [-0.2, 0) is 0 Å². The number of rotatable bonds is 3. The fourth-order valence-electron chi connectivity index (χ4n) is 2.19. The van der Waals surface area contributed by atoms with Crippen molar-refractivity contribution in [3.8, 4) is 0 Å². The molecule has 1 aliphatic carbocycles. The van der Waals surface area contributed by atoms with E-state index in [2.05, 4.69) is 60.1 Å². The zero-order valence-electron chi connectivity index (χ0n) is 10.00. The Hall–Kier alpha value is -0.670. The van der Waals surface area contributed by atoms with Gasteiger partial charge >= 0.3 is 0 Å². The van der Waals surface area contributed by atoms with E-state index in [9.17, 15) is 0 Å². The van der Waals surface area contributed by atoms with Gasteiger partial charge < -0.3 is 4.90 Å². The van der Waals surface area contributed by atoms with Crippen LogP contribution in [0.15, 0.2) is 39.0 Å². The number of hydrogen-bond acceptors (Lipinski definition) is 2. The van der Waals surface area contributed by atoms with Crippen LogP contribution in [0, 0.1) is 0 Å². The van der Waals surface area contributed by atoms with Crippen LogP contribution >= 0.6 is 15.9 Å². The summed E-state index contributed by atoms with van der Waals surface area (Å²) in [6, 6.07) is 0.428. The van der Waals surface area contributed by atoms with Crippen molar-refractivity contribution in [3.63, 3.8) is 0 Å². The molecule has 0 aromatic rings. The van der Waals surface area contributed by atoms with Gasteiger partial charge in [-0.25, -0.2) is 0 Å². The molecule has 0 amide bonds. The third-order valence-electron chi connectivity index (χ3n) is 3.03. The number of hydrogen-bond donors (Lipinski definition) is 0. The number of halogens is 1. The summed E-state index contributed by atoms with van der Waals surface area (Å²) in [4.78, 5) is 6.98.